The maximum atomic E-state index is 10.3. The quantitative estimate of drug-likeness (QED) is 0.553. The zero-order chi connectivity index (χ0) is 7.56. The molecule has 0 bridgehead atoms. The highest BCUT2D eigenvalue weighted by molar-refractivity contribution is 5.72. The molecular formula is C6H11NO3. The van der Waals surface area contributed by atoms with Gasteiger partial charge in [0.15, 0.2) is 6.10 Å². The topological polar surface area (TPSA) is 72.6 Å². The highest BCUT2D eigenvalue weighted by atomic mass is 16.5. The van der Waals surface area contributed by atoms with E-state index in [9.17, 15) is 4.79 Å². The fourth-order valence-electron chi connectivity index (χ4n) is 1.06. The summed E-state index contributed by atoms with van der Waals surface area (Å²) in [5.74, 6) is -0.879. The molecule has 58 valence electrons. The van der Waals surface area contributed by atoms with Gasteiger partial charge in [0.25, 0.3) is 0 Å². The van der Waals surface area contributed by atoms with Crippen LogP contribution in [0.1, 0.15) is 12.8 Å². The first-order chi connectivity index (χ1) is 4.74. The van der Waals surface area contributed by atoms with E-state index < -0.39 is 12.1 Å². The van der Waals surface area contributed by atoms with E-state index >= 15 is 0 Å². The number of rotatable bonds is 2. The second-order valence-corrected chi connectivity index (χ2v) is 2.40. The fourth-order valence-corrected chi connectivity index (χ4v) is 1.06. The number of carbonyl (C=O) groups is 1. The highest BCUT2D eigenvalue weighted by Gasteiger charge is 2.29. The van der Waals surface area contributed by atoms with E-state index in [0.717, 1.165) is 6.42 Å². The fraction of sp³-hybridized carbons (Fsp3) is 0.833. The molecule has 10 heavy (non-hydrogen) atoms. The molecule has 4 heteroatoms. The predicted molar refractivity (Wildman–Crippen MR) is 34.6 cm³/mol. The first-order valence-corrected chi connectivity index (χ1v) is 3.32. The van der Waals surface area contributed by atoms with Crippen molar-refractivity contribution in [3.8, 4) is 0 Å². The molecule has 0 spiro atoms. The summed E-state index contributed by atoms with van der Waals surface area (Å²) in [4.78, 5) is 10.3. The number of ether oxygens (including phenoxy) is 1. The Labute approximate surface area is 59.0 Å². The zero-order valence-electron chi connectivity index (χ0n) is 5.62. The zero-order valence-corrected chi connectivity index (χ0v) is 5.62. The molecule has 0 saturated carbocycles. The van der Waals surface area contributed by atoms with Crippen LogP contribution in [0, 0.1) is 0 Å². The molecule has 0 amide bonds. The molecule has 0 aromatic rings. The lowest BCUT2D eigenvalue weighted by Gasteiger charge is -2.06. The van der Waals surface area contributed by atoms with E-state index in [0.29, 0.717) is 13.0 Å². The second-order valence-electron chi connectivity index (χ2n) is 2.40. The van der Waals surface area contributed by atoms with Gasteiger partial charge in [-0.05, 0) is 12.8 Å². The number of hydrogen-bond donors (Lipinski definition) is 2. The summed E-state index contributed by atoms with van der Waals surface area (Å²) in [6.07, 6.45) is 0.708. The molecule has 1 aliphatic heterocycles. The van der Waals surface area contributed by atoms with Gasteiger partial charge < -0.3 is 15.6 Å². The average molecular weight is 145 g/mol. The third-order valence-corrected chi connectivity index (χ3v) is 1.65. The molecule has 1 saturated heterocycles. The van der Waals surface area contributed by atoms with Crippen LogP contribution in [0.25, 0.3) is 0 Å². The predicted octanol–water partition coefficient (Wildman–Crippen LogP) is -0.423. The molecule has 4 nitrogen and oxygen atoms in total. The van der Waals surface area contributed by atoms with E-state index in [1.54, 1.807) is 0 Å². The van der Waals surface area contributed by atoms with Crippen molar-refractivity contribution >= 4 is 5.97 Å². The maximum Gasteiger partial charge on any atom is 0.332 e. The van der Waals surface area contributed by atoms with Crippen molar-refractivity contribution in [1.82, 2.24) is 0 Å². The number of carboxylic acid groups (broad SMARTS) is 1. The van der Waals surface area contributed by atoms with Crippen LogP contribution < -0.4 is 5.73 Å². The molecule has 1 rings (SSSR count). The standard InChI is InChI=1S/C6H11NO3/c7-3-4-1-2-5(10-4)6(8)9/h4-5H,1-3,7H2,(H,8,9)/t4-,5-/m1/s1. The third kappa shape index (κ3) is 1.46. The first kappa shape index (κ1) is 7.50. The van der Waals surface area contributed by atoms with Gasteiger partial charge in [-0.3, -0.25) is 0 Å². The molecule has 0 aliphatic carbocycles. The van der Waals surface area contributed by atoms with Gasteiger partial charge in [0.1, 0.15) is 0 Å². The minimum Gasteiger partial charge on any atom is -0.479 e. The van der Waals surface area contributed by atoms with Crippen molar-refractivity contribution in [3.05, 3.63) is 0 Å². The van der Waals surface area contributed by atoms with Crippen LogP contribution in [0.4, 0.5) is 0 Å². The molecule has 2 atom stereocenters. The van der Waals surface area contributed by atoms with Gasteiger partial charge in [-0.15, -0.1) is 0 Å². The van der Waals surface area contributed by atoms with Gasteiger partial charge in [0.2, 0.25) is 0 Å². The molecule has 0 aromatic heterocycles. The normalized spacial score (nSPS) is 32.5. The number of aliphatic carboxylic acids is 1. The molecule has 3 N–H and O–H groups in total. The van der Waals surface area contributed by atoms with Gasteiger partial charge in [-0.1, -0.05) is 0 Å². The van der Waals surface area contributed by atoms with Gasteiger partial charge in [-0.25, -0.2) is 4.79 Å². The Balaban J connectivity index is 2.35. The lowest BCUT2D eigenvalue weighted by atomic mass is 10.2. The van der Waals surface area contributed by atoms with Gasteiger partial charge in [-0.2, -0.15) is 0 Å². The Morgan fingerprint density at radius 3 is 2.70 bits per heavy atom. The summed E-state index contributed by atoms with van der Waals surface area (Å²) in [7, 11) is 0. The Bertz CT molecular complexity index is 137. The Morgan fingerprint density at radius 2 is 2.40 bits per heavy atom. The molecule has 1 heterocycles. The van der Waals surface area contributed by atoms with E-state index in [1.807, 2.05) is 0 Å². The van der Waals surface area contributed by atoms with E-state index in [-0.39, 0.29) is 6.10 Å². The lowest BCUT2D eigenvalue weighted by Crippen LogP contribution is -2.24. The van der Waals surface area contributed by atoms with Crippen molar-refractivity contribution in [2.75, 3.05) is 6.54 Å². The van der Waals surface area contributed by atoms with Gasteiger partial charge >= 0.3 is 5.97 Å². The molecular weight excluding hydrogens is 134 g/mol. The molecule has 1 aliphatic rings. The van der Waals surface area contributed by atoms with Crippen molar-refractivity contribution < 1.29 is 14.6 Å². The SMILES string of the molecule is NC[C@H]1CC[C@H](C(=O)O)O1. The summed E-state index contributed by atoms with van der Waals surface area (Å²) < 4.78 is 5.05. The number of nitrogens with two attached hydrogens (primary N) is 1. The van der Waals surface area contributed by atoms with E-state index in [1.165, 1.54) is 0 Å². The molecule has 0 radical (unpaired) electrons. The van der Waals surface area contributed by atoms with E-state index in [4.69, 9.17) is 15.6 Å². The van der Waals surface area contributed by atoms with Crippen molar-refractivity contribution in [2.24, 2.45) is 5.73 Å². The monoisotopic (exact) mass is 145 g/mol. The van der Waals surface area contributed by atoms with Crippen LogP contribution >= 0.6 is 0 Å². The van der Waals surface area contributed by atoms with Crippen molar-refractivity contribution in [3.63, 3.8) is 0 Å². The lowest BCUT2D eigenvalue weighted by molar-refractivity contribution is -0.149. The van der Waals surface area contributed by atoms with Crippen molar-refractivity contribution in [1.29, 1.82) is 0 Å². The van der Waals surface area contributed by atoms with Gasteiger partial charge in [0.05, 0.1) is 6.10 Å². The average Bonchev–Trinajstić information content (AvgIpc) is 2.34. The van der Waals surface area contributed by atoms with Crippen LogP contribution in [-0.4, -0.2) is 29.8 Å². The Kier molecular flexibility index (Phi) is 2.24. The summed E-state index contributed by atoms with van der Waals surface area (Å²) in [5, 5.41) is 8.46. The Morgan fingerprint density at radius 1 is 1.70 bits per heavy atom. The third-order valence-electron chi connectivity index (χ3n) is 1.65. The highest BCUT2D eigenvalue weighted by Crippen LogP contribution is 2.18. The molecule has 0 aromatic carbocycles. The minimum absolute atomic E-state index is 0.0406. The second kappa shape index (κ2) is 2.98. The largest absolute Gasteiger partial charge is 0.479 e. The van der Waals surface area contributed by atoms with Crippen LogP contribution in [0.15, 0.2) is 0 Å². The van der Waals surface area contributed by atoms with Crippen LogP contribution in [-0.2, 0) is 9.53 Å². The molecule has 0 unspecified atom stereocenters. The van der Waals surface area contributed by atoms with Crippen LogP contribution in [0.5, 0.6) is 0 Å². The van der Waals surface area contributed by atoms with Crippen molar-refractivity contribution in [2.45, 2.75) is 25.0 Å². The summed E-state index contributed by atoms with van der Waals surface area (Å²) in [6, 6.07) is 0. The number of hydrogen-bond acceptors (Lipinski definition) is 3. The Hall–Kier alpha value is -0.610. The van der Waals surface area contributed by atoms with Crippen LogP contribution in [0.2, 0.25) is 0 Å². The molecule has 1 fully saturated rings. The smallest absolute Gasteiger partial charge is 0.332 e. The summed E-state index contributed by atoms with van der Waals surface area (Å²) in [6.45, 7) is 0.420. The summed E-state index contributed by atoms with van der Waals surface area (Å²) >= 11 is 0. The first-order valence-electron chi connectivity index (χ1n) is 3.32. The number of carboxylic acids is 1. The minimum atomic E-state index is -0.879. The van der Waals surface area contributed by atoms with Crippen LogP contribution in [0.3, 0.4) is 0 Å². The van der Waals surface area contributed by atoms with Gasteiger partial charge in [0, 0.05) is 6.54 Å². The van der Waals surface area contributed by atoms with E-state index in [2.05, 4.69) is 0 Å². The maximum absolute atomic E-state index is 10.3. The summed E-state index contributed by atoms with van der Waals surface area (Å²) in [5.41, 5.74) is 5.28.